The van der Waals surface area contributed by atoms with Gasteiger partial charge in [-0.05, 0) is 5.92 Å². The van der Waals surface area contributed by atoms with Crippen LogP contribution in [-0.2, 0) is 28.6 Å². The molecule has 0 aliphatic rings. The third kappa shape index (κ3) is 22.4. The molecule has 0 fully saturated rings. The van der Waals surface area contributed by atoms with Crippen LogP contribution in [0.3, 0.4) is 0 Å². The normalized spacial score (nSPS) is 11.6. The first-order chi connectivity index (χ1) is 12.0. The summed E-state index contributed by atoms with van der Waals surface area (Å²) in [5, 5.41) is 0. The van der Waals surface area contributed by atoms with Crippen LogP contribution in [-0.4, -0.2) is 12.7 Å². The first-order valence-electron chi connectivity index (χ1n) is 10.9. The van der Waals surface area contributed by atoms with Gasteiger partial charge in [-0.15, -0.1) is 0 Å². The van der Waals surface area contributed by atoms with Crippen molar-refractivity contribution in [3.8, 4) is 0 Å². The fraction of sp³-hybridized carbons (Fsp3) is 1.00. The molecule has 0 aliphatic heterocycles. The third-order valence-corrected chi connectivity index (χ3v) is 6.20. The molecule has 3 nitrogen and oxygen atoms in total. The van der Waals surface area contributed by atoms with Gasteiger partial charge in [-0.1, -0.05) is 39.5 Å². The molecule has 0 atom stereocenters. The minimum absolute atomic E-state index is 0.0115. The van der Waals surface area contributed by atoms with Gasteiger partial charge in [0.25, 0.3) is 0 Å². The summed E-state index contributed by atoms with van der Waals surface area (Å²) in [6.07, 6.45) is 19.0. The fourth-order valence-electron chi connectivity index (χ4n) is 2.98. The Balaban J connectivity index is 3.08. The van der Waals surface area contributed by atoms with Crippen LogP contribution in [0.5, 0.6) is 0 Å². The summed E-state index contributed by atoms with van der Waals surface area (Å²) in [5.41, 5.74) is 0. The van der Waals surface area contributed by atoms with Crippen LogP contribution in [0.25, 0.3) is 0 Å². The van der Waals surface area contributed by atoms with Gasteiger partial charge in [-0.2, -0.15) is 0 Å². The molecule has 4 heteroatoms. The molecule has 0 aliphatic carbocycles. The zero-order valence-corrected chi connectivity index (χ0v) is 19.0. The van der Waals surface area contributed by atoms with E-state index in [1.54, 1.807) is 0 Å². The summed E-state index contributed by atoms with van der Waals surface area (Å²) < 4.78 is 21.8. The second-order valence-electron chi connectivity index (χ2n) is 8.04. The fourth-order valence-corrected chi connectivity index (χ4v) is 4.17. The average Bonchev–Trinajstić information content (AvgIpc) is 2.53. The number of unbranched alkanes of at least 4 members (excludes halogenated alkanes) is 12. The molecular weight excluding hydrogens is 348 g/mol. The van der Waals surface area contributed by atoms with Gasteiger partial charge >= 0.3 is 119 Å². The number of hydrogen-bond donors (Lipinski definition) is 0. The number of hydrogen-bond acceptors (Lipinski definition) is 3. The van der Waals surface area contributed by atoms with Gasteiger partial charge in [-0.25, -0.2) is 0 Å². The van der Waals surface area contributed by atoms with E-state index in [9.17, 15) is 3.32 Å². The minimum atomic E-state index is -2.87. The second-order valence-corrected chi connectivity index (χ2v) is 9.64. The topological polar surface area (TPSA) is 35.5 Å². The van der Waals surface area contributed by atoms with Gasteiger partial charge in [-0.3, -0.25) is 0 Å². The van der Waals surface area contributed by atoms with Crippen molar-refractivity contribution in [2.75, 3.05) is 6.61 Å². The van der Waals surface area contributed by atoms with E-state index < -0.39 is 18.6 Å². The van der Waals surface area contributed by atoms with Crippen molar-refractivity contribution in [3.05, 3.63) is 0 Å². The van der Waals surface area contributed by atoms with Crippen LogP contribution < -0.4 is 0 Å². The number of rotatable bonds is 19. The molecule has 0 saturated carbocycles. The summed E-state index contributed by atoms with van der Waals surface area (Å²) in [4.78, 5) is 0. The Labute approximate surface area is 164 Å². The molecule has 0 aromatic carbocycles. The van der Waals surface area contributed by atoms with E-state index in [2.05, 4.69) is 13.8 Å². The van der Waals surface area contributed by atoms with E-state index in [0.29, 0.717) is 6.61 Å². The summed E-state index contributed by atoms with van der Waals surface area (Å²) >= 11 is -2.87. The van der Waals surface area contributed by atoms with E-state index in [1.807, 2.05) is 13.8 Å². The summed E-state index contributed by atoms with van der Waals surface area (Å²) in [5.74, 6) is 0.872. The SMILES string of the molecule is CC(C)CCCCCCCCCCCCCCC[O][Ti](=[O])[O]C(C)C. The molecule has 0 aromatic heterocycles. The van der Waals surface area contributed by atoms with Gasteiger partial charge in [0.05, 0.1) is 0 Å². The van der Waals surface area contributed by atoms with Crippen molar-refractivity contribution < 1.29 is 28.6 Å². The molecule has 0 saturated heterocycles. The Morgan fingerprint density at radius 3 is 1.44 bits per heavy atom. The van der Waals surface area contributed by atoms with Gasteiger partial charge in [0.1, 0.15) is 0 Å². The van der Waals surface area contributed by atoms with Crippen LogP contribution in [0.15, 0.2) is 0 Å². The molecule has 0 radical (unpaired) electrons. The molecule has 0 amide bonds. The summed E-state index contributed by atoms with van der Waals surface area (Å²) in [7, 11) is 0. The third-order valence-electron chi connectivity index (χ3n) is 4.48. The molecule has 0 bridgehead atoms. The molecule has 0 rings (SSSR count). The Bertz CT molecular complexity index is 293. The quantitative estimate of drug-likeness (QED) is 0.170. The first kappa shape index (κ1) is 25.4. The monoisotopic (exact) mass is 392 g/mol. The van der Waals surface area contributed by atoms with Crippen LogP contribution >= 0.6 is 0 Å². The molecule has 0 aromatic rings. The van der Waals surface area contributed by atoms with Crippen LogP contribution in [0.2, 0.25) is 0 Å². The Kier molecular flexibility index (Phi) is 19.5. The first-order valence-corrected chi connectivity index (χ1v) is 12.8. The summed E-state index contributed by atoms with van der Waals surface area (Å²) in [6, 6.07) is 0. The van der Waals surface area contributed by atoms with Gasteiger partial charge in [0.15, 0.2) is 0 Å². The molecule has 0 heterocycles. The maximum absolute atomic E-state index is 11.4. The zero-order valence-electron chi connectivity index (χ0n) is 17.5. The molecule has 0 N–H and O–H groups in total. The van der Waals surface area contributed by atoms with E-state index >= 15 is 0 Å². The molecular formula is C21H44O3Ti. The van der Waals surface area contributed by atoms with Crippen molar-refractivity contribution in [1.82, 2.24) is 0 Å². The van der Waals surface area contributed by atoms with Gasteiger partial charge in [0, 0.05) is 0 Å². The van der Waals surface area contributed by atoms with Crippen molar-refractivity contribution in [2.45, 2.75) is 124 Å². The second kappa shape index (κ2) is 19.2. The van der Waals surface area contributed by atoms with Crippen LogP contribution in [0.4, 0.5) is 0 Å². The van der Waals surface area contributed by atoms with Crippen molar-refractivity contribution in [1.29, 1.82) is 0 Å². The van der Waals surface area contributed by atoms with Crippen LogP contribution in [0.1, 0.15) is 118 Å². The molecule has 25 heavy (non-hydrogen) atoms. The van der Waals surface area contributed by atoms with Gasteiger partial charge < -0.3 is 0 Å². The van der Waals surface area contributed by atoms with Crippen molar-refractivity contribution in [2.24, 2.45) is 5.92 Å². The maximum atomic E-state index is 11.4. The van der Waals surface area contributed by atoms with E-state index in [1.165, 1.54) is 83.5 Å². The van der Waals surface area contributed by atoms with E-state index in [0.717, 1.165) is 12.3 Å². The molecule has 0 unspecified atom stereocenters. The van der Waals surface area contributed by atoms with E-state index in [-0.39, 0.29) is 6.10 Å². The van der Waals surface area contributed by atoms with Gasteiger partial charge in [0.2, 0.25) is 0 Å². The van der Waals surface area contributed by atoms with Crippen molar-refractivity contribution >= 4 is 0 Å². The predicted octanol–water partition coefficient (Wildman–Crippen LogP) is 7.34. The average molecular weight is 392 g/mol. The Morgan fingerprint density at radius 2 is 1.04 bits per heavy atom. The zero-order chi connectivity index (χ0) is 18.8. The Hall–Kier alpha value is 0.434. The Morgan fingerprint density at radius 1 is 0.640 bits per heavy atom. The van der Waals surface area contributed by atoms with Crippen molar-refractivity contribution in [3.63, 3.8) is 0 Å². The summed E-state index contributed by atoms with van der Waals surface area (Å²) in [6.45, 7) is 9.02. The van der Waals surface area contributed by atoms with Crippen LogP contribution in [0, 0.1) is 5.92 Å². The standard InChI is InChI=1S/C18H37O.C3H7O.O.Ti/c1-18(2)16-14-12-10-8-6-4-3-5-7-9-11-13-15-17-19;1-3(2)4;;/h18H,3-17H2,1-2H3;3H,1-2H3;;/q2*-1;;+2. The molecule has 0 spiro atoms. The molecule has 150 valence electrons. The predicted molar refractivity (Wildman–Crippen MR) is 102 cm³/mol. The van der Waals surface area contributed by atoms with E-state index in [4.69, 9.17) is 6.64 Å².